The number of ether oxygens (including phenoxy) is 1. The van der Waals surface area contributed by atoms with Gasteiger partial charge in [-0.1, -0.05) is 40.2 Å². The molecule has 1 N–H and O–H groups in total. The summed E-state index contributed by atoms with van der Waals surface area (Å²) in [7, 11) is 1.57. The van der Waals surface area contributed by atoms with Crippen molar-refractivity contribution in [2.45, 2.75) is 18.9 Å². The zero-order valence-electron chi connectivity index (χ0n) is 11.7. The highest BCUT2D eigenvalue weighted by Gasteiger charge is 2.23. The predicted molar refractivity (Wildman–Crippen MR) is 85.8 cm³/mol. The van der Waals surface area contributed by atoms with Crippen LogP contribution in [0.1, 0.15) is 21.5 Å². The lowest BCUT2D eigenvalue weighted by atomic mass is 10.1. The Hall–Kier alpha value is -1.81. The average Bonchev–Trinajstić information content (AvgIpc) is 2.88. The molecule has 21 heavy (non-hydrogen) atoms. The maximum absolute atomic E-state index is 12.4. The molecule has 4 heteroatoms. The highest BCUT2D eigenvalue weighted by atomic mass is 79.9. The van der Waals surface area contributed by atoms with Gasteiger partial charge in [-0.3, -0.25) is 4.79 Å². The minimum absolute atomic E-state index is 0.0860. The molecule has 3 rings (SSSR count). The van der Waals surface area contributed by atoms with Gasteiger partial charge < -0.3 is 10.1 Å². The smallest absolute Gasteiger partial charge is 0.255 e. The zero-order chi connectivity index (χ0) is 14.8. The van der Waals surface area contributed by atoms with E-state index in [9.17, 15) is 4.79 Å². The second-order valence-corrected chi connectivity index (χ2v) is 6.11. The van der Waals surface area contributed by atoms with Crippen molar-refractivity contribution in [3.63, 3.8) is 0 Å². The Morgan fingerprint density at radius 2 is 1.86 bits per heavy atom. The van der Waals surface area contributed by atoms with Crippen LogP contribution in [0.4, 0.5) is 0 Å². The summed E-state index contributed by atoms with van der Waals surface area (Å²) in [5.41, 5.74) is 3.22. The van der Waals surface area contributed by atoms with Gasteiger partial charge >= 0.3 is 0 Å². The number of carbonyl (C=O) groups is 1. The molecule has 0 aromatic heterocycles. The standard InChI is InChI=1S/C17H16BrNO2/c1-21-16-10-13(18)6-7-15(16)17(20)19-14-8-11-4-2-3-5-12(11)9-14/h2-7,10,14H,8-9H2,1H3,(H,19,20). The maximum Gasteiger partial charge on any atom is 0.255 e. The molecule has 2 aromatic carbocycles. The molecule has 1 amide bonds. The summed E-state index contributed by atoms with van der Waals surface area (Å²) in [6, 6.07) is 13.9. The van der Waals surface area contributed by atoms with E-state index in [1.165, 1.54) is 11.1 Å². The first-order valence-electron chi connectivity index (χ1n) is 6.88. The second-order valence-electron chi connectivity index (χ2n) is 5.19. The van der Waals surface area contributed by atoms with Crippen LogP contribution in [0.3, 0.4) is 0 Å². The Kier molecular flexibility index (Phi) is 3.97. The largest absolute Gasteiger partial charge is 0.496 e. The van der Waals surface area contributed by atoms with E-state index in [-0.39, 0.29) is 11.9 Å². The number of fused-ring (bicyclic) bond motifs is 1. The van der Waals surface area contributed by atoms with E-state index in [2.05, 4.69) is 33.4 Å². The number of amides is 1. The quantitative estimate of drug-likeness (QED) is 0.926. The molecule has 0 fully saturated rings. The maximum atomic E-state index is 12.4. The molecular weight excluding hydrogens is 330 g/mol. The number of hydrogen-bond donors (Lipinski definition) is 1. The van der Waals surface area contributed by atoms with E-state index in [1.54, 1.807) is 19.2 Å². The predicted octanol–water partition coefficient (Wildman–Crippen LogP) is 3.35. The second kappa shape index (κ2) is 5.90. The third-order valence-corrected chi connectivity index (χ3v) is 4.29. The fraction of sp³-hybridized carbons (Fsp3) is 0.235. The lowest BCUT2D eigenvalue weighted by molar-refractivity contribution is 0.0935. The monoisotopic (exact) mass is 345 g/mol. The summed E-state index contributed by atoms with van der Waals surface area (Å²) in [6.45, 7) is 0. The molecule has 3 nitrogen and oxygen atoms in total. The van der Waals surface area contributed by atoms with Crippen molar-refractivity contribution in [1.82, 2.24) is 5.32 Å². The molecule has 1 aliphatic rings. The molecule has 0 bridgehead atoms. The molecule has 0 heterocycles. The van der Waals surface area contributed by atoms with E-state index in [4.69, 9.17) is 4.74 Å². The van der Waals surface area contributed by atoms with E-state index in [0.717, 1.165) is 17.3 Å². The lowest BCUT2D eigenvalue weighted by Crippen LogP contribution is -2.35. The molecule has 2 aromatic rings. The van der Waals surface area contributed by atoms with Crippen molar-refractivity contribution >= 4 is 21.8 Å². The first-order chi connectivity index (χ1) is 10.2. The number of methoxy groups -OCH3 is 1. The van der Waals surface area contributed by atoms with Crippen LogP contribution in [0, 0.1) is 0 Å². The van der Waals surface area contributed by atoms with Gasteiger partial charge in [-0.25, -0.2) is 0 Å². The van der Waals surface area contributed by atoms with Crippen molar-refractivity contribution in [3.8, 4) is 5.75 Å². The molecule has 1 aliphatic carbocycles. The molecule has 0 aliphatic heterocycles. The molecular formula is C17H16BrNO2. The first-order valence-corrected chi connectivity index (χ1v) is 7.68. The molecule has 108 valence electrons. The van der Waals surface area contributed by atoms with Gasteiger partial charge in [0.1, 0.15) is 5.75 Å². The molecule has 0 atom stereocenters. The minimum atomic E-state index is -0.0860. The van der Waals surface area contributed by atoms with Gasteiger partial charge in [-0.2, -0.15) is 0 Å². The van der Waals surface area contributed by atoms with Crippen molar-refractivity contribution < 1.29 is 9.53 Å². The Morgan fingerprint density at radius 1 is 1.19 bits per heavy atom. The van der Waals surface area contributed by atoms with Crippen LogP contribution in [0.25, 0.3) is 0 Å². The van der Waals surface area contributed by atoms with Gasteiger partial charge in [0, 0.05) is 10.5 Å². The van der Waals surface area contributed by atoms with Crippen LogP contribution >= 0.6 is 15.9 Å². The van der Waals surface area contributed by atoms with E-state index in [0.29, 0.717) is 11.3 Å². The fourth-order valence-corrected chi connectivity index (χ4v) is 3.12. The molecule has 0 spiro atoms. The number of rotatable bonds is 3. The van der Waals surface area contributed by atoms with Crippen molar-refractivity contribution in [2.75, 3.05) is 7.11 Å². The molecule has 0 radical (unpaired) electrons. The number of benzene rings is 2. The van der Waals surface area contributed by atoms with E-state index < -0.39 is 0 Å². The number of nitrogens with one attached hydrogen (secondary N) is 1. The van der Waals surface area contributed by atoms with Crippen molar-refractivity contribution in [2.24, 2.45) is 0 Å². The molecule has 0 saturated carbocycles. The summed E-state index contributed by atoms with van der Waals surface area (Å²) >= 11 is 3.38. The van der Waals surface area contributed by atoms with Crippen LogP contribution < -0.4 is 10.1 Å². The SMILES string of the molecule is COc1cc(Br)ccc1C(=O)NC1Cc2ccccc2C1. The van der Waals surface area contributed by atoms with E-state index >= 15 is 0 Å². The first kappa shape index (κ1) is 14.1. The highest BCUT2D eigenvalue weighted by Crippen LogP contribution is 2.25. The molecule has 0 unspecified atom stereocenters. The van der Waals surface area contributed by atoms with E-state index in [1.807, 2.05) is 18.2 Å². The Labute approximate surface area is 132 Å². The third kappa shape index (κ3) is 2.95. The lowest BCUT2D eigenvalue weighted by Gasteiger charge is -2.14. The summed E-state index contributed by atoms with van der Waals surface area (Å²) in [6.07, 6.45) is 1.78. The summed E-state index contributed by atoms with van der Waals surface area (Å²) in [5, 5.41) is 3.10. The number of carbonyl (C=O) groups excluding carboxylic acids is 1. The third-order valence-electron chi connectivity index (χ3n) is 3.79. The summed E-state index contributed by atoms with van der Waals surface area (Å²) in [5.74, 6) is 0.495. The van der Waals surface area contributed by atoms with Gasteiger partial charge in [-0.05, 0) is 42.2 Å². The highest BCUT2D eigenvalue weighted by molar-refractivity contribution is 9.10. The van der Waals surface area contributed by atoms with Crippen molar-refractivity contribution in [1.29, 1.82) is 0 Å². The minimum Gasteiger partial charge on any atom is -0.496 e. The Bertz CT molecular complexity index is 659. The van der Waals surface area contributed by atoms with Crippen LogP contribution in [0.5, 0.6) is 5.75 Å². The topological polar surface area (TPSA) is 38.3 Å². The van der Waals surface area contributed by atoms with Gasteiger partial charge in [0.05, 0.1) is 12.7 Å². The van der Waals surface area contributed by atoms with Crippen LogP contribution in [0.2, 0.25) is 0 Å². The average molecular weight is 346 g/mol. The molecule has 0 saturated heterocycles. The Balaban J connectivity index is 1.74. The van der Waals surface area contributed by atoms with Crippen molar-refractivity contribution in [3.05, 3.63) is 63.6 Å². The number of hydrogen-bond acceptors (Lipinski definition) is 2. The van der Waals surface area contributed by atoms with Gasteiger partial charge in [-0.15, -0.1) is 0 Å². The number of halogens is 1. The Morgan fingerprint density at radius 3 is 2.48 bits per heavy atom. The zero-order valence-corrected chi connectivity index (χ0v) is 13.3. The van der Waals surface area contributed by atoms with Gasteiger partial charge in [0.2, 0.25) is 0 Å². The summed E-state index contributed by atoms with van der Waals surface area (Å²) in [4.78, 5) is 12.4. The summed E-state index contributed by atoms with van der Waals surface area (Å²) < 4.78 is 6.18. The fourth-order valence-electron chi connectivity index (χ4n) is 2.78. The van der Waals surface area contributed by atoms with Crippen LogP contribution in [-0.2, 0) is 12.8 Å². The van der Waals surface area contributed by atoms with Gasteiger partial charge in [0.25, 0.3) is 5.91 Å². The normalized spacial score (nSPS) is 13.8. The van der Waals surface area contributed by atoms with Crippen LogP contribution in [0.15, 0.2) is 46.9 Å². The van der Waals surface area contributed by atoms with Crippen LogP contribution in [-0.4, -0.2) is 19.1 Å². The van der Waals surface area contributed by atoms with Gasteiger partial charge in [0.15, 0.2) is 0 Å².